The Morgan fingerprint density at radius 1 is 1.18 bits per heavy atom. The standard InChI is InChI=1S/C21H38N6O5S/c1-13-14(2)17(25-33(9,30)31)18(29)27(15(13)3)10-16(28)24-21(6,7)11-20(4,5)12-32-26(8)19(22)23/h25H,10-12H2,1-9H3,(H3,22,23)(H,24,28). The van der Waals surface area contributed by atoms with E-state index in [1.807, 2.05) is 27.7 Å². The molecule has 0 spiro atoms. The van der Waals surface area contributed by atoms with E-state index in [2.05, 4.69) is 10.0 Å². The molecule has 1 heterocycles. The minimum Gasteiger partial charge on any atom is -0.368 e. The van der Waals surface area contributed by atoms with Gasteiger partial charge >= 0.3 is 0 Å². The highest BCUT2D eigenvalue weighted by Gasteiger charge is 2.31. The summed E-state index contributed by atoms with van der Waals surface area (Å²) < 4.78 is 27.0. The highest BCUT2D eigenvalue weighted by atomic mass is 32.2. The number of pyridine rings is 1. The van der Waals surface area contributed by atoms with Crippen molar-refractivity contribution in [1.29, 1.82) is 5.41 Å². The Morgan fingerprint density at radius 3 is 2.21 bits per heavy atom. The SMILES string of the molecule is Cc1c(C)c(C)n(CC(=O)NC(C)(C)CC(C)(C)CON(C)C(=N)N)c(=O)c1NS(C)(=O)=O. The first kappa shape index (κ1) is 28.4. The Labute approximate surface area is 196 Å². The number of nitrogens with zero attached hydrogens (tertiary/aromatic N) is 2. The van der Waals surface area contributed by atoms with Gasteiger partial charge in [-0.15, -0.1) is 0 Å². The number of amides is 1. The van der Waals surface area contributed by atoms with Crippen LogP contribution in [-0.2, 0) is 26.2 Å². The number of nitrogens with two attached hydrogens (primary N) is 1. The summed E-state index contributed by atoms with van der Waals surface area (Å²) in [5.74, 6) is -0.589. The second-order valence-corrected chi connectivity index (χ2v) is 11.7. The number of aromatic nitrogens is 1. The molecule has 1 amide bonds. The lowest BCUT2D eigenvalue weighted by atomic mass is 9.80. The summed E-state index contributed by atoms with van der Waals surface area (Å²) >= 11 is 0. The molecule has 1 rings (SSSR count). The molecule has 1 aromatic rings. The average molecular weight is 487 g/mol. The molecule has 0 aromatic carbocycles. The summed E-state index contributed by atoms with van der Waals surface area (Å²) in [4.78, 5) is 31.3. The molecule has 33 heavy (non-hydrogen) atoms. The molecule has 0 bridgehead atoms. The van der Waals surface area contributed by atoms with Crippen molar-refractivity contribution < 1.29 is 18.0 Å². The average Bonchev–Trinajstić information content (AvgIpc) is 2.63. The van der Waals surface area contributed by atoms with Gasteiger partial charge in [0.15, 0.2) is 0 Å². The Kier molecular flexibility index (Phi) is 8.72. The van der Waals surface area contributed by atoms with Gasteiger partial charge in [-0.2, -0.15) is 0 Å². The quantitative estimate of drug-likeness (QED) is 0.220. The lowest BCUT2D eigenvalue weighted by molar-refractivity contribution is -0.126. The van der Waals surface area contributed by atoms with Gasteiger partial charge in [-0.25, -0.2) is 13.5 Å². The van der Waals surface area contributed by atoms with E-state index in [1.54, 1.807) is 27.8 Å². The number of hydrogen-bond donors (Lipinski definition) is 4. The van der Waals surface area contributed by atoms with Crippen LogP contribution in [0.25, 0.3) is 0 Å². The third-order valence-corrected chi connectivity index (χ3v) is 5.89. The fraction of sp³-hybridized carbons (Fsp3) is 0.667. The van der Waals surface area contributed by atoms with Crippen molar-refractivity contribution in [2.45, 2.75) is 67.0 Å². The summed E-state index contributed by atoms with van der Waals surface area (Å²) in [5, 5.41) is 11.5. The van der Waals surface area contributed by atoms with Crippen molar-refractivity contribution in [3.8, 4) is 0 Å². The van der Waals surface area contributed by atoms with Crippen LogP contribution in [0.2, 0.25) is 0 Å². The zero-order valence-corrected chi connectivity index (χ0v) is 21.9. The van der Waals surface area contributed by atoms with Gasteiger partial charge in [-0.05, 0) is 57.6 Å². The molecule has 0 aliphatic heterocycles. The minimum absolute atomic E-state index is 0.0551. The fourth-order valence-electron chi connectivity index (χ4n) is 3.80. The summed E-state index contributed by atoms with van der Waals surface area (Å²) in [7, 11) is -2.12. The molecule has 0 saturated heterocycles. The molecule has 11 nitrogen and oxygen atoms in total. The number of sulfonamides is 1. The van der Waals surface area contributed by atoms with E-state index >= 15 is 0 Å². The Hall–Kier alpha value is -2.60. The van der Waals surface area contributed by atoms with Crippen LogP contribution in [0.1, 0.15) is 50.9 Å². The molecular weight excluding hydrogens is 448 g/mol. The molecule has 0 saturated carbocycles. The molecular formula is C21H38N6O5S. The van der Waals surface area contributed by atoms with Gasteiger partial charge in [0.1, 0.15) is 12.2 Å². The molecule has 0 fully saturated rings. The number of hydroxylamine groups is 2. The molecule has 12 heteroatoms. The van der Waals surface area contributed by atoms with E-state index in [1.165, 1.54) is 9.63 Å². The normalized spacial score (nSPS) is 12.4. The Balaban J connectivity index is 3.05. The van der Waals surface area contributed by atoms with E-state index in [0.29, 0.717) is 17.7 Å². The third-order valence-electron chi connectivity index (χ3n) is 5.32. The molecule has 0 unspecified atom stereocenters. The lowest BCUT2D eigenvalue weighted by Gasteiger charge is -2.36. The molecule has 0 atom stereocenters. The highest BCUT2D eigenvalue weighted by molar-refractivity contribution is 7.92. The number of carbonyl (C=O) groups excluding carboxylic acids is 1. The van der Waals surface area contributed by atoms with Crippen LogP contribution in [0, 0.1) is 31.6 Å². The summed E-state index contributed by atoms with van der Waals surface area (Å²) in [6.45, 7) is 12.9. The molecule has 0 radical (unpaired) electrons. The lowest BCUT2D eigenvalue weighted by Crippen LogP contribution is -2.49. The number of rotatable bonds is 10. The molecule has 0 aliphatic rings. The maximum Gasteiger partial charge on any atom is 0.275 e. The topological polar surface area (TPSA) is 160 Å². The van der Waals surface area contributed by atoms with E-state index in [4.69, 9.17) is 16.0 Å². The Bertz CT molecular complexity index is 1080. The fourth-order valence-corrected chi connectivity index (χ4v) is 4.41. The Morgan fingerprint density at radius 2 is 1.73 bits per heavy atom. The zero-order valence-electron chi connectivity index (χ0n) is 21.0. The predicted molar refractivity (Wildman–Crippen MR) is 130 cm³/mol. The van der Waals surface area contributed by atoms with Crippen molar-refractivity contribution in [3.63, 3.8) is 0 Å². The summed E-state index contributed by atoms with van der Waals surface area (Å²) in [6, 6.07) is 0. The van der Waals surface area contributed by atoms with Gasteiger partial charge in [0.05, 0.1) is 12.9 Å². The van der Waals surface area contributed by atoms with Crippen molar-refractivity contribution in [2.75, 3.05) is 24.6 Å². The first-order valence-electron chi connectivity index (χ1n) is 10.5. The molecule has 0 aliphatic carbocycles. The van der Waals surface area contributed by atoms with Gasteiger partial charge in [0.2, 0.25) is 21.9 Å². The van der Waals surface area contributed by atoms with E-state index in [0.717, 1.165) is 11.8 Å². The van der Waals surface area contributed by atoms with Crippen LogP contribution in [0.3, 0.4) is 0 Å². The van der Waals surface area contributed by atoms with Crippen molar-refractivity contribution >= 4 is 27.6 Å². The van der Waals surface area contributed by atoms with E-state index in [9.17, 15) is 18.0 Å². The first-order valence-corrected chi connectivity index (χ1v) is 12.4. The van der Waals surface area contributed by atoms with Gasteiger partial charge in [0, 0.05) is 18.3 Å². The molecule has 5 N–H and O–H groups in total. The van der Waals surface area contributed by atoms with Crippen molar-refractivity contribution in [3.05, 3.63) is 27.2 Å². The number of hydrogen-bond acceptors (Lipinski definition) is 6. The maximum atomic E-state index is 13.0. The van der Waals surface area contributed by atoms with Gasteiger partial charge in [-0.1, -0.05) is 13.8 Å². The number of carbonyl (C=O) groups is 1. The van der Waals surface area contributed by atoms with Crippen LogP contribution in [0.5, 0.6) is 0 Å². The van der Waals surface area contributed by atoms with Crippen LogP contribution in [-0.4, -0.2) is 55.4 Å². The predicted octanol–water partition coefficient (Wildman–Crippen LogP) is 1.21. The number of guanidine groups is 1. The molecule has 188 valence electrons. The summed E-state index contributed by atoms with van der Waals surface area (Å²) in [6.07, 6.45) is 1.51. The number of nitrogens with one attached hydrogen (secondary N) is 3. The van der Waals surface area contributed by atoms with Crippen molar-refractivity contribution in [2.24, 2.45) is 11.1 Å². The zero-order chi connectivity index (χ0) is 25.9. The van der Waals surface area contributed by atoms with Crippen LogP contribution >= 0.6 is 0 Å². The van der Waals surface area contributed by atoms with Crippen LogP contribution in [0.4, 0.5) is 5.69 Å². The second-order valence-electron chi connectivity index (χ2n) is 9.91. The summed E-state index contributed by atoms with van der Waals surface area (Å²) in [5.41, 5.74) is 5.59. The van der Waals surface area contributed by atoms with Gasteiger partial charge in [-0.3, -0.25) is 24.6 Å². The van der Waals surface area contributed by atoms with Crippen LogP contribution < -0.4 is 21.3 Å². The largest absolute Gasteiger partial charge is 0.368 e. The highest BCUT2D eigenvalue weighted by Crippen LogP contribution is 2.28. The number of anilines is 1. The molecule has 1 aromatic heterocycles. The second kappa shape index (κ2) is 10.1. The van der Waals surface area contributed by atoms with Crippen molar-refractivity contribution in [1.82, 2.24) is 14.9 Å². The maximum absolute atomic E-state index is 13.0. The van der Waals surface area contributed by atoms with Gasteiger partial charge < -0.3 is 15.6 Å². The third kappa shape index (κ3) is 8.35. The monoisotopic (exact) mass is 486 g/mol. The van der Waals surface area contributed by atoms with Crippen LogP contribution in [0.15, 0.2) is 4.79 Å². The van der Waals surface area contributed by atoms with E-state index < -0.39 is 21.1 Å². The first-order chi connectivity index (χ1) is 14.8. The van der Waals surface area contributed by atoms with E-state index in [-0.39, 0.29) is 36.1 Å². The smallest absolute Gasteiger partial charge is 0.275 e. The minimum atomic E-state index is -3.66. The van der Waals surface area contributed by atoms with Gasteiger partial charge in [0.25, 0.3) is 5.56 Å².